The van der Waals surface area contributed by atoms with Crippen LogP contribution in [-0.2, 0) is 4.79 Å². The molecule has 0 fully saturated rings. The second-order valence-electron chi connectivity index (χ2n) is 3.83. The number of amides is 1. The van der Waals surface area contributed by atoms with Crippen molar-refractivity contribution >= 4 is 17.3 Å². The molecule has 1 heterocycles. The number of hydrogen-bond donors (Lipinski definition) is 1. The van der Waals surface area contributed by atoms with E-state index in [9.17, 15) is 14.4 Å². The fourth-order valence-corrected chi connectivity index (χ4v) is 1.72. The highest BCUT2D eigenvalue weighted by Crippen LogP contribution is 2.20. The molecule has 5 nitrogen and oxygen atoms in total. The lowest BCUT2D eigenvalue weighted by Gasteiger charge is -2.22. The molecular weight excluding hydrogens is 225 g/mol. The smallest absolute Gasteiger partial charge is 0.273 e. The summed E-state index contributed by atoms with van der Waals surface area (Å²) in [4.78, 5) is 11.7. The van der Waals surface area contributed by atoms with Crippen LogP contribution in [0.1, 0.15) is 6.92 Å². The Morgan fingerprint density at radius 2 is 2.00 bits per heavy atom. The Morgan fingerprint density at radius 1 is 1.41 bits per heavy atom. The zero-order chi connectivity index (χ0) is 12.6. The maximum absolute atomic E-state index is 12.7. The van der Waals surface area contributed by atoms with Crippen LogP contribution in [-0.4, -0.2) is 34.9 Å². The summed E-state index contributed by atoms with van der Waals surface area (Å²) in [6.07, 6.45) is 0. The Kier molecular flexibility index (Phi) is 2.81. The minimum atomic E-state index is -0.842. The van der Waals surface area contributed by atoms with E-state index in [2.05, 4.69) is 5.10 Å². The maximum Gasteiger partial charge on any atom is 0.273 e. The molecule has 1 aliphatic heterocycles. The molecule has 0 aliphatic carbocycles. The van der Waals surface area contributed by atoms with Gasteiger partial charge in [-0.25, -0.2) is 14.5 Å². The third-order valence-electron chi connectivity index (χ3n) is 2.59. The van der Waals surface area contributed by atoms with Gasteiger partial charge in [0.05, 0.1) is 11.4 Å². The van der Waals surface area contributed by atoms with Gasteiger partial charge in [-0.15, -0.1) is 0 Å². The summed E-state index contributed by atoms with van der Waals surface area (Å²) in [6.45, 7) is 1.65. The van der Waals surface area contributed by atoms with Gasteiger partial charge >= 0.3 is 0 Å². The van der Waals surface area contributed by atoms with Crippen LogP contribution < -0.4 is 5.06 Å². The highest BCUT2D eigenvalue weighted by molar-refractivity contribution is 6.12. The molecule has 0 radical (unpaired) electrons. The van der Waals surface area contributed by atoms with Gasteiger partial charge in [-0.3, -0.25) is 10.0 Å². The van der Waals surface area contributed by atoms with Crippen LogP contribution in [0.5, 0.6) is 0 Å². The van der Waals surface area contributed by atoms with Crippen molar-refractivity contribution in [3.05, 3.63) is 30.1 Å². The SMILES string of the molecule is CC1=NN(C)C(=O)C1N(O)c1ccc(F)cc1. The number of benzene rings is 1. The van der Waals surface area contributed by atoms with E-state index >= 15 is 0 Å². The molecule has 17 heavy (non-hydrogen) atoms. The zero-order valence-electron chi connectivity index (χ0n) is 9.46. The summed E-state index contributed by atoms with van der Waals surface area (Å²) in [5, 5.41) is 15.9. The van der Waals surface area contributed by atoms with Crippen LogP contribution >= 0.6 is 0 Å². The van der Waals surface area contributed by atoms with Gasteiger partial charge in [0.15, 0.2) is 6.04 Å². The molecule has 1 atom stereocenters. The van der Waals surface area contributed by atoms with Crippen molar-refractivity contribution in [2.24, 2.45) is 5.10 Å². The number of carbonyl (C=O) groups excluding carboxylic acids is 1. The first-order valence-electron chi connectivity index (χ1n) is 5.07. The average Bonchev–Trinajstić information content (AvgIpc) is 2.53. The molecule has 6 heteroatoms. The Labute approximate surface area is 97.7 Å². The second kappa shape index (κ2) is 4.14. The van der Waals surface area contributed by atoms with Gasteiger partial charge in [0, 0.05) is 7.05 Å². The number of hydrazone groups is 1. The number of likely N-dealkylation sites (N-methyl/N-ethyl adjacent to an activating group) is 1. The number of rotatable bonds is 2. The molecule has 2 rings (SSSR count). The number of anilines is 1. The molecular formula is C11H12FN3O2. The fourth-order valence-electron chi connectivity index (χ4n) is 1.72. The molecule has 0 saturated carbocycles. The number of nitrogens with zero attached hydrogens (tertiary/aromatic N) is 3. The van der Waals surface area contributed by atoms with Crippen LogP contribution in [0.15, 0.2) is 29.4 Å². The lowest BCUT2D eigenvalue weighted by molar-refractivity contribution is -0.129. The van der Waals surface area contributed by atoms with E-state index in [0.717, 1.165) is 5.06 Å². The van der Waals surface area contributed by atoms with E-state index in [-0.39, 0.29) is 5.91 Å². The summed E-state index contributed by atoms with van der Waals surface area (Å²) in [5.74, 6) is -0.725. The number of hydroxylamine groups is 1. The highest BCUT2D eigenvalue weighted by Gasteiger charge is 2.36. The van der Waals surface area contributed by atoms with Gasteiger partial charge in [0.2, 0.25) is 0 Å². The summed E-state index contributed by atoms with van der Waals surface area (Å²) in [6, 6.07) is 4.38. The lowest BCUT2D eigenvalue weighted by Crippen LogP contribution is -2.43. The van der Waals surface area contributed by atoms with Crippen molar-refractivity contribution in [1.29, 1.82) is 0 Å². The second-order valence-corrected chi connectivity index (χ2v) is 3.83. The van der Waals surface area contributed by atoms with Gasteiger partial charge in [0.25, 0.3) is 5.91 Å². The Bertz CT molecular complexity index is 472. The first-order chi connectivity index (χ1) is 8.00. The molecule has 0 saturated heterocycles. The van der Waals surface area contributed by atoms with Crippen LogP contribution in [0.25, 0.3) is 0 Å². The van der Waals surface area contributed by atoms with Crippen molar-refractivity contribution in [2.45, 2.75) is 13.0 Å². The summed E-state index contributed by atoms with van der Waals surface area (Å²) in [7, 11) is 1.52. The average molecular weight is 237 g/mol. The van der Waals surface area contributed by atoms with E-state index in [0.29, 0.717) is 11.4 Å². The standard InChI is InChI=1S/C11H12FN3O2/c1-7-10(11(16)14(2)13-7)15(17)9-5-3-8(12)4-6-9/h3-6,10,17H,1-2H3. The minimum Gasteiger partial charge on any atom is -0.287 e. The topological polar surface area (TPSA) is 56.1 Å². The van der Waals surface area contributed by atoms with E-state index in [1.54, 1.807) is 6.92 Å². The van der Waals surface area contributed by atoms with Crippen molar-refractivity contribution in [2.75, 3.05) is 12.1 Å². The Morgan fingerprint density at radius 3 is 2.47 bits per heavy atom. The molecule has 1 aromatic rings. The van der Waals surface area contributed by atoms with E-state index in [4.69, 9.17) is 0 Å². The van der Waals surface area contributed by atoms with E-state index in [1.165, 1.54) is 36.3 Å². The highest BCUT2D eigenvalue weighted by atomic mass is 19.1. The number of carbonyl (C=O) groups is 1. The van der Waals surface area contributed by atoms with Gasteiger partial charge in [-0.05, 0) is 31.2 Å². The maximum atomic E-state index is 12.7. The normalized spacial score (nSPS) is 19.5. The van der Waals surface area contributed by atoms with Gasteiger partial charge in [-0.1, -0.05) is 0 Å². The number of hydrogen-bond acceptors (Lipinski definition) is 4. The quantitative estimate of drug-likeness (QED) is 0.787. The van der Waals surface area contributed by atoms with Crippen LogP contribution in [0.3, 0.4) is 0 Å². The van der Waals surface area contributed by atoms with Crippen LogP contribution in [0.4, 0.5) is 10.1 Å². The number of halogens is 1. The summed E-state index contributed by atoms with van der Waals surface area (Å²) >= 11 is 0. The predicted molar refractivity (Wildman–Crippen MR) is 60.3 cm³/mol. The van der Waals surface area contributed by atoms with Gasteiger partial charge in [0.1, 0.15) is 5.82 Å². The molecule has 90 valence electrons. The third-order valence-corrected chi connectivity index (χ3v) is 2.59. The fraction of sp³-hybridized carbons (Fsp3) is 0.273. The van der Waals surface area contributed by atoms with E-state index < -0.39 is 11.9 Å². The van der Waals surface area contributed by atoms with Crippen molar-refractivity contribution in [3.63, 3.8) is 0 Å². The van der Waals surface area contributed by atoms with Gasteiger partial charge < -0.3 is 0 Å². The third kappa shape index (κ3) is 1.99. The molecule has 0 aromatic heterocycles. The molecule has 1 aliphatic rings. The predicted octanol–water partition coefficient (Wildman–Crippen LogP) is 1.24. The molecule has 1 N–H and O–H groups in total. The molecule has 1 aromatic carbocycles. The van der Waals surface area contributed by atoms with Crippen molar-refractivity contribution < 1.29 is 14.4 Å². The largest absolute Gasteiger partial charge is 0.287 e. The lowest BCUT2D eigenvalue weighted by atomic mass is 10.1. The van der Waals surface area contributed by atoms with Crippen LogP contribution in [0.2, 0.25) is 0 Å². The van der Waals surface area contributed by atoms with Crippen LogP contribution in [0, 0.1) is 5.82 Å². The van der Waals surface area contributed by atoms with Crippen molar-refractivity contribution in [3.8, 4) is 0 Å². The summed E-state index contributed by atoms with van der Waals surface area (Å²) < 4.78 is 12.7. The zero-order valence-corrected chi connectivity index (χ0v) is 9.46. The molecule has 1 amide bonds. The Balaban J connectivity index is 2.26. The molecule has 1 unspecified atom stereocenters. The monoisotopic (exact) mass is 237 g/mol. The first kappa shape index (κ1) is 11.5. The first-order valence-corrected chi connectivity index (χ1v) is 5.07. The molecule has 0 spiro atoms. The van der Waals surface area contributed by atoms with Crippen molar-refractivity contribution in [1.82, 2.24) is 5.01 Å². The Hall–Kier alpha value is -1.95. The summed E-state index contributed by atoms with van der Waals surface area (Å²) in [5.41, 5.74) is 0.832. The minimum absolute atomic E-state index is 0.325. The van der Waals surface area contributed by atoms with E-state index in [1.807, 2.05) is 0 Å². The van der Waals surface area contributed by atoms with Gasteiger partial charge in [-0.2, -0.15) is 5.10 Å². The molecule has 0 bridgehead atoms.